The summed E-state index contributed by atoms with van der Waals surface area (Å²) >= 11 is 2.48. The number of carbonyl (C=O) groups excluding carboxylic acids is 1. The molecule has 0 spiro atoms. The first-order valence-corrected chi connectivity index (χ1v) is 11.9. The van der Waals surface area contributed by atoms with Crippen molar-refractivity contribution in [1.82, 2.24) is 10.3 Å². The van der Waals surface area contributed by atoms with Gasteiger partial charge in [0.25, 0.3) is 15.9 Å². The van der Waals surface area contributed by atoms with E-state index >= 15 is 0 Å². The molecule has 0 saturated heterocycles. The third-order valence-electron chi connectivity index (χ3n) is 4.42. The van der Waals surface area contributed by atoms with E-state index < -0.39 is 38.7 Å². The summed E-state index contributed by atoms with van der Waals surface area (Å²) in [4.78, 5) is 13.6. The van der Waals surface area contributed by atoms with Gasteiger partial charge < -0.3 is 5.11 Å². The van der Waals surface area contributed by atoms with E-state index in [-0.39, 0.29) is 4.88 Å². The number of thiophene rings is 1. The minimum atomic E-state index is -4.87. The fourth-order valence-corrected chi connectivity index (χ4v) is 6.32. The van der Waals surface area contributed by atoms with Gasteiger partial charge in [0.1, 0.15) is 0 Å². The number of alkyl halides is 3. The van der Waals surface area contributed by atoms with Crippen LogP contribution < -0.4 is 10.3 Å². The average molecular weight is 467 g/mol. The minimum Gasteiger partial charge on any atom is -0.388 e. The zero-order valence-corrected chi connectivity index (χ0v) is 17.5. The molecule has 158 valence electrons. The molecule has 1 aliphatic rings. The summed E-state index contributed by atoms with van der Waals surface area (Å²) in [6.45, 7) is 0. The van der Waals surface area contributed by atoms with Crippen LogP contribution in [0.2, 0.25) is 0 Å². The van der Waals surface area contributed by atoms with E-state index in [0.717, 1.165) is 33.7 Å². The molecule has 1 aliphatic carbocycles. The zero-order chi connectivity index (χ0) is 21.4. The molecular formula is C17H17F3N2O4S3. The SMILES string of the molecule is CSc1sc(C(=O)NNS(=O)(=O)c2ccccc2C(F)(F)F)c2c1[C@@H](O)CCC2. The molecule has 6 nitrogen and oxygen atoms in total. The molecule has 0 radical (unpaired) electrons. The first-order chi connectivity index (χ1) is 13.6. The normalized spacial score (nSPS) is 17.1. The second-order valence-corrected chi connectivity index (χ2v) is 10.0. The molecule has 1 amide bonds. The van der Waals surface area contributed by atoms with Crippen molar-refractivity contribution in [2.75, 3.05) is 6.26 Å². The molecule has 2 aromatic rings. The Kier molecular flexibility index (Phi) is 6.30. The molecule has 0 aliphatic heterocycles. The van der Waals surface area contributed by atoms with Crippen molar-refractivity contribution in [3.05, 3.63) is 45.8 Å². The number of rotatable bonds is 5. The van der Waals surface area contributed by atoms with Crippen molar-refractivity contribution in [3.8, 4) is 0 Å². The fourth-order valence-electron chi connectivity index (χ4n) is 3.15. The van der Waals surface area contributed by atoms with E-state index in [0.29, 0.717) is 36.5 Å². The van der Waals surface area contributed by atoms with Gasteiger partial charge in [-0.2, -0.15) is 13.2 Å². The predicted octanol–water partition coefficient (Wildman–Crippen LogP) is 3.48. The number of aliphatic hydroxyl groups is 1. The van der Waals surface area contributed by atoms with E-state index in [4.69, 9.17) is 0 Å². The van der Waals surface area contributed by atoms with Crippen molar-refractivity contribution >= 4 is 39.0 Å². The minimum absolute atomic E-state index is 0.231. The Labute approximate surface area is 173 Å². The lowest BCUT2D eigenvalue weighted by atomic mass is 9.91. The topological polar surface area (TPSA) is 95.5 Å². The lowest BCUT2D eigenvalue weighted by molar-refractivity contribution is -0.139. The molecule has 3 N–H and O–H groups in total. The Morgan fingerprint density at radius 2 is 2.00 bits per heavy atom. The Hall–Kier alpha value is -1.60. The average Bonchev–Trinajstić information content (AvgIpc) is 3.06. The molecule has 1 aromatic carbocycles. The number of hydrogen-bond donors (Lipinski definition) is 3. The lowest BCUT2D eigenvalue weighted by Crippen LogP contribution is -2.42. The van der Waals surface area contributed by atoms with Crippen LogP contribution in [0.4, 0.5) is 13.2 Å². The predicted molar refractivity (Wildman–Crippen MR) is 103 cm³/mol. The molecule has 1 heterocycles. The number of benzene rings is 1. The van der Waals surface area contributed by atoms with Gasteiger partial charge in [-0.25, -0.2) is 8.42 Å². The fraction of sp³-hybridized carbons (Fsp3) is 0.353. The first kappa shape index (κ1) is 22.1. The van der Waals surface area contributed by atoms with Crippen molar-refractivity contribution in [3.63, 3.8) is 0 Å². The van der Waals surface area contributed by atoms with Crippen LogP contribution in [-0.2, 0) is 22.6 Å². The molecular weight excluding hydrogens is 449 g/mol. The van der Waals surface area contributed by atoms with Crippen LogP contribution in [0.3, 0.4) is 0 Å². The highest BCUT2D eigenvalue weighted by atomic mass is 32.2. The second-order valence-electron chi connectivity index (χ2n) is 6.28. The molecule has 12 heteroatoms. The van der Waals surface area contributed by atoms with Gasteiger partial charge in [-0.15, -0.1) is 27.9 Å². The summed E-state index contributed by atoms with van der Waals surface area (Å²) in [5.41, 5.74) is 1.98. The maximum Gasteiger partial charge on any atom is 0.417 e. The van der Waals surface area contributed by atoms with Gasteiger partial charge in [-0.1, -0.05) is 12.1 Å². The van der Waals surface area contributed by atoms with E-state index in [2.05, 4.69) is 0 Å². The van der Waals surface area contributed by atoms with Crippen LogP contribution in [0.5, 0.6) is 0 Å². The van der Waals surface area contributed by atoms with Gasteiger partial charge in [0.15, 0.2) is 0 Å². The Morgan fingerprint density at radius 1 is 1.31 bits per heavy atom. The summed E-state index contributed by atoms with van der Waals surface area (Å²) in [5.74, 6) is -0.784. The van der Waals surface area contributed by atoms with Crippen molar-refractivity contribution < 1.29 is 31.5 Å². The highest BCUT2D eigenvalue weighted by Crippen LogP contribution is 2.43. The number of carbonyl (C=O) groups is 1. The number of aliphatic hydroxyl groups excluding tert-OH is 1. The lowest BCUT2D eigenvalue weighted by Gasteiger charge is -2.19. The summed E-state index contributed by atoms with van der Waals surface area (Å²) in [7, 11) is -4.66. The number of sulfonamides is 1. The van der Waals surface area contributed by atoms with Gasteiger partial charge in [-0.05, 0) is 43.2 Å². The van der Waals surface area contributed by atoms with Gasteiger partial charge in [0.2, 0.25) is 0 Å². The Bertz CT molecular complexity index is 1040. The Morgan fingerprint density at radius 3 is 2.66 bits per heavy atom. The van der Waals surface area contributed by atoms with E-state index in [1.165, 1.54) is 11.8 Å². The van der Waals surface area contributed by atoms with Crippen LogP contribution in [-0.4, -0.2) is 25.7 Å². The van der Waals surface area contributed by atoms with Crippen molar-refractivity contribution in [1.29, 1.82) is 0 Å². The third-order valence-corrected chi connectivity index (χ3v) is 8.11. The van der Waals surface area contributed by atoms with Gasteiger partial charge in [-0.3, -0.25) is 10.2 Å². The Balaban J connectivity index is 1.85. The number of amides is 1. The number of nitrogens with one attached hydrogen (secondary N) is 2. The molecule has 0 fully saturated rings. The summed E-state index contributed by atoms with van der Waals surface area (Å²) < 4.78 is 64.8. The molecule has 0 saturated carbocycles. The quantitative estimate of drug-likeness (QED) is 0.463. The molecule has 3 rings (SSSR count). The summed E-state index contributed by atoms with van der Waals surface area (Å²) in [6.07, 6.45) is -1.98. The van der Waals surface area contributed by atoms with Gasteiger partial charge in [0, 0.05) is 5.56 Å². The zero-order valence-electron chi connectivity index (χ0n) is 15.0. The maximum atomic E-state index is 13.1. The molecule has 29 heavy (non-hydrogen) atoms. The number of halogens is 3. The van der Waals surface area contributed by atoms with Crippen molar-refractivity contribution in [2.24, 2.45) is 0 Å². The molecule has 0 unspecified atom stereocenters. The summed E-state index contributed by atoms with van der Waals surface area (Å²) in [6, 6.07) is 3.70. The third kappa shape index (κ3) is 4.45. The largest absolute Gasteiger partial charge is 0.417 e. The summed E-state index contributed by atoms with van der Waals surface area (Å²) in [5, 5.41) is 10.2. The van der Waals surface area contributed by atoms with Crippen LogP contribution in [0.15, 0.2) is 33.4 Å². The highest BCUT2D eigenvalue weighted by molar-refractivity contribution is 8.00. The highest BCUT2D eigenvalue weighted by Gasteiger charge is 2.37. The second kappa shape index (κ2) is 8.26. The standard InChI is InChI=1S/C17H17F3N2O4S3/c1-27-16-13-9(5-4-7-11(13)23)14(28-16)15(24)21-22-29(25,26)12-8-3-2-6-10(12)17(18,19)20/h2-3,6,8,11,22-23H,4-5,7H2,1H3,(H,21,24)/t11-/m0/s1. The number of hydrazine groups is 1. The maximum absolute atomic E-state index is 13.1. The van der Waals surface area contributed by atoms with Gasteiger partial charge in [0.05, 0.1) is 25.6 Å². The van der Waals surface area contributed by atoms with E-state index in [1.807, 2.05) is 5.43 Å². The smallest absolute Gasteiger partial charge is 0.388 e. The van der Waals surface area contributed by atoms with E-state index in [9.17, 15) is 31.5 Å². The molecule has 0 bridgehead atoms. The van der Waals surface area contributed by atoms with Crippen LogP contribution >= 0.6 is 23.1 Å². The first-order valence-electron chi connectivity index (χ1n) is 8.42. The monoisotopic (exact) mass is 466 g/mol. The van der Waals surface area contributed by atoms with Gasteiger partial charge >= 0.3 is 6.18 Å². The molecule has 1 atom stereocenters. The molecule has 1 aromatic heterocycles. The number of fused-ring (bicyclic) bond motifs is 1. The van der Waals surface area contributed by atoms with Crippen LogP contribution in [0.25, 0.3) is 0 Å². The van der Waals surface area contributed by atoms with Crippen LogP contribution in [0, 0.1) is 0 Å². The number of hydrogen-bond acceptors (Lipinski definition) is 6. The number of thioether (sulfide) groups is 1. The van der Waals surface area contributed by atoms with E-state index in [1.54, 1.807) is 11.1 Å². The van der Waals surface area contributed by atoms with Crippen LogP contribution in [0.1, 0.15) is 45.3 Å². The van der Waals surface area contributed by atoms with Crippen molar-refractivity contribution in [2.45, 2.75) is 40.6 Å².